The van der Waals surface area contributed by atoms with Gasteiger partial charge in [0.2, 0.25) is 0 Å². The Morgan fingerprint density at radius 3 is 2.76 bits per heavy atom. The summed E-state index contributed by atoms with van der Waals surface area (Å²) in [7, 11) is 0. The molecule has 1 aromatic rings. The second kappa shape index (κ2) is 5.56. The van der Waals surface area contributed by atoms with E-state index in [9.17, 15) is 4.79 Å². The summed E-state index contributed by atoms with van der Waals surface area (Å²) >= 11 is 4.20. The number of nitrogens with zero attached hydrogens (tertiary/aromatic N) is 1. The van der Waals surface area contributed by atoms with E-state index in [1.165, 1.54) is 0 Å². The van der Waals surface area contributed by atoms with Gasteiger partial charge >= 0.3 is 0 Å². The highest BCUT2D eigenvalue weighted by Crippen LogP contribution is 2.21. The maximum absolute atomic E-state index is 12.1. The molecule has 0 aliphatic carbocycles. The Bertz CT molecular complexity index is 391. The predicted molar refractivity (Wildman–Crippen MR) is 69.4 cm³/mol. The molecule has 1 aliphatic rings. The van der Waals surface area contributed by atoms with Crippen molar-refractivity contribution in [2.24, 2.45) is 5.92 Å². The van der Waals surface area contributed by atoms with E-state index in [4.69, 9.17) is 5.11 Å². The summed E-state index contributed by atoms with van der Waals surface area (Å²) in [6.07, 6.45) is 1.79. The summed E-state index contributed by atoms with van der Waals surface area (Å²) in [6.45, 7) is 1.77. The molecule has 1 atom stereocenters. The van der Waals surface area contributed by atoms with Crippen LogP contribution in [-0.4, -0.2) is 35.6 Å². The lowest BCUT2D eigenvalue weighted by molar-refractivity contribution is 0.0784. The molecule has 1 fully saturated rings. The molecule has 0 aromatic heterocycles. The largest absolute Gasteiger partial charge is 0.396 e. The number of thiol groups is 1. The molecule has 1 aromatic carbocycles. The minimum Gasteiger partial charge on any atom is -0.396 e. The van der Waals surface area contributed by atoms with Gasteiger partial charge in [-0.05, 0) is 43.0 Å². The van der Waals surface area contributed by atoms with Crippen molar-refractivity contribution < 1.29 is 9.90 Å². The van der Waals surface area contributed by atoms with Crippen molar-refractivity contribution in [3.63, 3.8) is 0 Å². The van der Waals surface area contributed by atoms with Crippen molar-refractivity contribution in [1.29, 1.82) is 0 Å². The molecule has 17 heavy (non-hydrogen) atoms. The highest BCUT2D eigenvalue weighted by atomic mass is 32.1. The van der Waals surface area contributed by atoms with Gasteiger partial charge in [0, 0.05) is 30.2 Å². The third-order valence-corrected chi connectivity index (χ3v) is 3.52. The number of hydrogen-bond donors (Lipinski definition) is 2. The van der Waals surface area contributed by atoms with Crippen LogP contribution >= 0.6 is 12.6 Å². The molecule has 0 saturated carbocycles. The lowest BCUT2D eigenvalue weighted by atomic mass is 10.1. The van der Waals surface area contributed by atoms with Gasteiger partial charge in [-0.25, -0.2) is 0 Å². The molecule has 1 saturated heterocycles. The first-order valence-electron chi connectivity index (χ1n) is 5.90. The quantitative estimate of drug-likeness (QED) is 0.805. The van der Waals surface area contributed by atoms with Gasteiger partial charge in [-0.1, -0.05) is 0 Å². The third kappa shape index (κ3) is 3.01. The lowest BCUT2D eigenvalue weighted by Gasteiger charge is -2.16. The molecule has 1 unspecified atom stereocenters. The molecular formula is C13H17NO2S. The summed E-state index contributed by atoms with van der Waals surface area (Å²) in [5.74, 6) is 0.534. The molecule has 2 rings (SSSR count). The van der Waals surface area contributed by atoms with Crippen LogP contribution in [0.1, 0.15) is 23.2 Å². The highest BCUT2D eigenvalue weighted by Gasteiger charge is 2.26. The predicted octanol–water partition coefficient (Wildman–Crippen LogP) is 1.82. The van der Waals surface area contributed by atoms with Crippen LogP contribution in [0.25, 0.3) is 0 Å². The SMILES string of the molecule is O=C(c1ccc(S)cc1)N1CCC(CCO)C1. The van der Waals surface area contributed by atoms with Crippen LogP contribution in [-0.2, 0) is 0 Å². The van der Waals surface area contributed by atoms with Crippen LogP contribution in [0.4, 0.5) is 0 Å². The Morgan fingerprint density at radius 2 is 2.12 bits per heavy atom. The maximum Gasteiger partial charge on any atom is 0.253 e. The molecule has 0 spiro atoms. The van der Waals surface area contributed by atoms with Crippen molar-refractivity contribution in [3.05, 3.63) is 29.8 Å². The zero-order valence-corrected chi connectivity index (χ0v) is 10.6. The molecule has 3 nitrogen and oxygen atoms in total. The van der Waals surface area contributed by atoms with Crippen LogP contribution < -0.4 is 0 Å². The number of rotatable bonds is 3. The van der Waals surface area contributed by atoms with Gasteiger partial charge in [0.25, 0.3) is 5.91 Å². The maximum atomic E-state index is 12.1. The fourth-order valence-corrected chi connectivity index (χ4v) is 2.37. The first-order valence-corrected chi connectivity index (χ1v) is 6.34. The summed E-state index contributed by atoms with van der Waals surface area (Å²) < 4.78 is 0. The zero-order chi connectivity index (χ0) is 12.3. The molecule has 1 N–H and O–H groups in total. The van der Waals surface area contributed by atoms with Crippen molar-refractivity contribution >= 4 is 18.5 Å². The molecule has 1 aliphatic heterocycles. The summed E-state index contributed by atoms with van der Waals surface area (Å²) in [6, 6.07) is 7.28. The van der Waals surface area contributed by atoms with Crippen LogP contribution in [0.15, 0.2) is 29.2 Å². The second-order valence-corrected chi connectivity index (χ2v) is 4.98. The number of benzene rings is 1. The molecule has 1 heterocycles. The first-order chi connectivity index (χ1) is 8.20. The van der Waals surface area contributed by atoms with E-state index in [1.807, 2.05) is 29.2 Å². The Labute approximate surface area is 107 Å². The number of aliphatic hydroxyl groups is 1. The second-order valence-electron chi connectivity index (χ2n) is 4.47. The zero-order valence-electron chi connectivity index (χ0n) is 9.67. The summed E-state index contributed by atoms with van der Waals surface area (Å²) in [4.78, 5) is 14.9. The van der Waals surface area contributed by atoms with E-state index in [0.717, 1.165) is 30.8 Å². The molecule has 0 bridgehead atoms. The summed E-state index contributed by atoms with van der Waals surface area (Å²) in [5, 5.41) is 8.89. The van der Waals surface area contributed by atoms with Gasteiger partial charge in [0.15, 0.2) is 0 Å². The van der Waals surface area contributed by atoms with E-state index >= 15 is 0 Å². The average Bonchev–Trinajstić information content (AvgIpc) is 2.78. The van der Waals surface area contributed by atoms with Crippen LogP contribution in [0, 0.1) is 5.92 Å². The van der Waals surface area contributed by atoms with Crippen LogP contribution in [0.3, 0.4) is 0 Å². The van der Waals surface area contributed by atoms with Gasteiger partial charge in [-0.15, -0.1) is 12.6 Å². The van der Waals surface area contributed by atoms with Gasteiger partial charge in [0.05, 0.1) is 0 Å². The standard InChI is InChI=1S/C13H17NO2S/c15-8-6-10-5-7-14(9-10)13(16)11-1-3-12(17)4-2-11/h1-4,10,15,17H,5-9H2. The number of carbonyl (C=O) groups is 1. The lowest BCUT2D eigenvalue weighted by Crippen LogP contribution is -2.28. The fourth-order valence-electron chi connectivity index (χ4n) is 2.22. The Morgan fingerprint density at radius 1 is 1.41 bits per heavy atom. The van der Waals surface area contributed by atoms with Crippen molar-refractivity contribution in [3.8, 4) is 0 Å². The van der Waals surface area contributed by atoms with Crippen LogP contribution in [0.5, 0.6) is 0 Å². The van der Waals surface area contributed by atoms with E-state index < -0.39 is 0 Å². The van der Waals surface area contributed by atoms with E-state index in [2.05, 4.69) is 12.6 Å². The Hall–Kier alpha value is -1.00. The third-order valence-electron chi connectivity index (χ3n) is 3.22. The number of hydrogen-bond acceptors (Lipinski definition) is 3. The Kier molecular flexibility index (Phi) is 4.07. The first kappa shape index (κ1) is 12.5. The van der Waals surface area contributed by atoms with Gasteiger partial charge in [-0.2, -0.15) is 0 Å². The van der Waals surface area contributed by atoms with Crippen molar-refractivity contribution in [2.45, 2.75) is 17.7 Å². The molecule has 1 amide bonds. The minimum atomic E-state index is 0.0822. The average molecular weight is 251 g/mol. The number of aliphatic hydroxyl groups excluding tert-OH is 1. The smallest absolute Gasteiger partial charge is 0.253 e. The highest BCUT2D eigenvalue weighted by molar-refractivity contribution is 7.80. The minimum absolute atomic E-state index is 0.0822. The summed E-state index contributed by atoms with van der Waals surface area (Å²) in [5.41, 5.74) is 0.715. The van der Waals surface area contributed by atoms with Crippen LogP contribution in [0.2, 0.25) is 0 Å². The normalized spacial score (nSPS) is 19.6. The Balaban J connectivity index is 1.99. The molecule has 92 valence electrons. The van der Waals surface area contributed by atoms with Crippen molar-refractivity contribution in [2.75, 3.05) is 19.7 Å². The van der Waals surface area contributed by atoms with Gasteiger partial charge < -0.3 is 10.0 Å². The van der Waals surface area contributed by atoms with E-state index in [1.54, 1.807) is 0 Å². The molecule has 0 radical (unpaired) electrons. The number of amides is 1. The molecular weight excluding hydrogens is 234 g/mol. The monoisotopic (exact) mass is 251 g/mol. The van der Waals surface area contributed by atoms with Gasteiger partial charge in [0.1, 0.15) is 0 Å². The van der Waals surface area contributed by atoms with E-state index in [-0.39, 0.29) is 12.5 Å². The molecule has 4 heteroatoms. The fraction of sp³-hybridized carbons (Fsp3) is 0.462. The topological polar surface area (TPSA) is 40.5 Å². The van der Waals surface area contributed by atoms with Crippen molar-refractivity contribution in [1.82, 2.24) is 4.90 Å². The van der Waals surface area contributed by atoms with E-state index in [0.29, 0.717) is 11.5 Å². The van der Waals surface area contributed by atoms with Gasteiger partial charge in [-0.3, -0.25) is 4.79 Å². The number of likely N-dealkylation sites (tertiary alicyclic amines) is 1. The number of carbonyl (C=O) groups excluding carboxylic acids is 1.